The van der Waals surface area contributed by atoms with Crippen molar-refractivity contribution >= 4 is 27.0 Å². The van der Waals surface area contributed by atoms with Gasteiger partial charge in [-0.3, -0.25) is 10.1 Å². The zero-order valence-electron chi connectivity index (χ0n) is 12.9. The van der Waals surface area contributed by atoms with Crippen LogP contribution in [0.15, 0.2) is 30.5 Å². The van der Waals surface area contributed by atoms with Crippen molar-refractivity contribution in [3.05, 3.63) is 45.6 Å². The van der Waals surface area contributed by atoms with Crippen LogP contribution in [0.5, 0.6) is 0 Å². The molecule has 1 heterocycles. The molecule has 2 rings (SSSR count). The molecule has 1 N–H and O–H groups in total. The number of halogens is 3. The minimum Gasteiger partial charge on any atom is -0.258 e. The van der Waals surface area contributed by atoms with Crippen molar-refractivity contribution in [2.75, 3.05) is 0 Å². The first-order valence-electron chi connectivity index (χ1n) is 6.65. The number of hydrogen-bond acceptors (Lipinski definition) is 6. The SMILES string of the molecule is CC(C)(NS(=O)(=O)C(F)(F)F)c1ncc(-c2ccc([N+](=O)[O-])cc2)s1. The van der Waals surface area contributed by atoms with E-state index >= 15 is 0 Å². The lowest BCUT2D eigenvalue weighted by atomic mass is 10.1. The average molecular weight is 395 g/mol. The zero-order valence-corrected chi connectivity index (χ0v) is 14.5. The minimum atomic E-state index is -5.53. The van der Waals surface area contributed by atoms with Crippen molar-refractivity contribution in [3.63, 3.8) is 0 Å². The highest BCUT2D eigenvalue weighted by Gasteiger charge is 2.49. The summed E-state index contributed by atoms with van der Waals surface area (Å²) in [5.74, 6) is 0. The number of alkyl halides is 3. The molecule has 1 aromatic carbocycles. The highest BCUT2D eigenvalue weighted by atomic mass is 32.2. The summed E-state index contributed by atoms with van der Waals surface area (Å²) in [6, 6.07) is 5.52. The minimum absolute atomic E-state index is 0.105. The number of sulfonamides is 1. The van der Waals surface area contributed by atoms with Gasteiger partial charge in [0.25, 0.3) is 5.69 Å². The van der Waals surface area contributed by atoms with E-state index in [1.807, 2.05) is 0 Å². The normalized spacial score (nSPS) is 13.0. The molecule has 0 aliphatic carbocycles. The highest BCUT2D eigenvalue weighted by Crippen LogP contribution is 2.34. The van der Waals surface area contributed by atoms with Gasteiger partial charge in [-0.25, -0.2) is 13.4 Å². The van der Waals surface area contributed by atoms with Gasteiger partial charge in [-0.05, 0) is 31.5 Å². The lowest BCUT2D eigenvalue weighted by Crippen LogP contribution is -2.46. The van der Waals surface area contributed by atoms with Crippen LogP contribution in [-0.2, 0) is 15.6 Å². The van der Waals surface area contributed by atoms with Gasteiger partial charge >= 0.3 is 15.5 Å². The van der Waals surface area contributed by atoms with Crippen LogP contribution >= 0.6 is 11.3 Å². The van der Waals surface area contributed by atoms with Gasteiger partial charge in [0.1, 0.15) is 5.01 Å². The summed E-state index contributed by atoms with van der Waals surface area (Å²) in [4.78, 5) is 14.6. The molecule has 7 nitrogen and oxygen atoms in total. The lowest BCUT2D eigenvalue weighted by Gasteiger charge is -2.24. The Balaban J connectivity index is 2.29. The van der Waals surface area contributed by atoms with Crippen LogP contribution in [0.25, 0.3) is 10.4 Å². The number of thiazole rings is 1. The number of non-ortho nitro benzene ring substituents is 1. The van der Waals surface area contributed by atoms with Crippen LogP contribution in [0, 0.1) is 10.1 Å². The molecule has 1 aromatic heterocycles. The van der Waals surface area contributed by atoms with Gasteiger partial charge in [0.15, 0.2) is 0 Å². The summed E-state index contributed by atoms with van der Waals surface area (Å²) in [6.07, 6.45) is 1.37. The van der Waals surface area contributed by atoms with Gasteiger partial charge in [0, 0.05) is 18.3 Å². The molecule has 136 valence electrons. The molecule has 25 heavy (non-hydrogen) atoms. The fourth-order valence-electron chi connectivity index (χ4n) is 1.88. The van der Waals surface area contributed by atoms with E-state index in [-0.39, 0.29) is 10.7 Å². The van der Waals surface area contributed by atoms with Gasteiger partial charge in [-0.2, -0.15) is 17.9 Å². The lowest BCUT2D eigenvalue weighted by molar-refractivity contribution is -0.384. The number of hydrogen-bond donors (Lipinski definition) is 1. The maximum absolute atomic E-state index is 12.5. The molecule has 0 radical (unpaired) electrons. The third kappa shape index (κ3) is 4.14. The maximum atomic E-state index is 12.5. The Morgan fingerprint density at radius 1 is 1.20 bits per heavy atom. The van der Waals surface area contributed by atoms with Crippen molar-refractivity contribution in [3.8, 4) is 10.4 Å². The third-order valence-electron chi connectivity index (χ3n) is 3.10. The average Bonchev–Trinajstić information content (AvgIpc) is 2.95. The molecule has 0 saturated heterocycles. The Morgan fingerprint density at radius 2 is 1.76 bits per heavy atom. The molecule has 0 unspecified atom stereocenters. The second-order valence-corrected chi connectivity index (χ2v) is 8.21. The number of rotatable bonds is 5. The molecule has 0 atom stereocenters. The summed E-state index contributed by atoms with van der Waals surface area (Å²) in [6.45, 7) is 2.52. The molecule has 2 aromatic rings. The van der Waals surface area contributed by atoms with E-state index in [1.165, 1.54) is 44.3 Å². The largest absolute Gasteiger partial charge is 0.511 e. The number of aromatic nitrogens is 1. The van der Waals surface area contributed by atoms with Crippen molar-refractivity contribution in [2.45, 2.75) is 24.9 Å². The number of nitro benzene ring substituents is 1. The predicted octanol–water partition coefficient (Wildman–Crippen LogP) is 3.39. The van der Waals surface area contributed by atoms with Gasteiger partial charge in [0.2, 0.25) is 0 Å². The molecule has 0 fully saturated rings. The Bertz CT molecular complexity index is 890. The Kier molecular flexibility index (Phi) is 4.90. The van der Waals surface area contributed by atoms with Crippen LogP contribution in [-0.4, -0.2) is 23.8 Å². The van der Waals surface area contributed by atoms with Crippen LogP contribution in [0.4, 0.5) is 18.9 Å². The molecular weight excluding hydrogens is 383 g/mol. The van der Waals surface area contributed by atoms with Crippen LogP contribution in [0.3, 0.4) is 0 Å². The van der Waals surface area contributed by atoms with Gasteiger partial charge in [-0.1, -0.05) is 0 Å². The molecule has 0 bridgehead atoms. The van der Waals surface area contributed by atoms with Crippen molar-refractivity contribution in [1.29, 1.82) is 0 Å². The number of benzene rings is 1. The van der Waals surface area contributed by atoms with E-state index in [4.69, 9.17) is 0 Å². The van der Waals surface area contributed by atoms with Crippen LogP contribution in [0.2, 0.25) is 0 Å². The second-order valence-electron chi connectivity index (χ2n) is 5.51. The monoisotopic (exact) mass is 395 g/mol. The van der Waals surface area contributed by atoms with E-state index in [1.54, 1.807) is 4.72 Å². The van der Waals surface area contributed by atoms with Crippen LogP contribution in [0.1, 0.15) is 18.9 Å². The van der Waals surface area contributed by atoms with Crippen molar-refractivity contribution in [2.24, 2.45) is 0 Å². The van der Waals surface area contributed by atoms with E-state index in [2.05, 4.69) is 4.98 Å². The smallest absolute Gasteiger partial charge is 0.258 e. The Labute approximate surface area is 144 Å². The molecule has 0 aliphatic rings. The molecular formula is C13H12F3N3O4S2. The zero-order chi connectivity index (χ0) is 19.0. The number of nitrogens with one attached hydrogen (secondary N) is 1. The van der Waals surface area contributed by atoms with Crippen molar-refractivity contribution in [1.82, 2.24) is 9.71 Å². The Morgan fingerprint density at radius 3 is 2.24 bits per heavy atom. The van der Waals surface area contributed by atoms with Gasteiger partial charge < -0.3 is 0 Å². The summed E-state index contributed by atoms with van der Waals surface area (Å²) in [5.41, 5.74) is -6.54. The van der Waals surface area contributed by atoms with Gasteiger partial charge in [-0.15, -0.1) is 11.3 Å². The van der Waals surface area contributed by atoms with E-state index < -0.39 is 26.0 Å². The maximum Gasteiger partial charge on any atom is 0.511 e. The fourth-order valence-corrected chi connectivity index (χ4v) is 3.81. The van der Waals surface area contributed by atoms with E-state index in [0.29, 0.717) is 10.4 Å². The third-order valence-corrected chi connectivity index (χ3v) is 5.86. The molecule has 0 saturated carbocycles. The summed E-state index contributed by atoms with van der Waals surface area (Å²) < 4.78 is 61.8. The topological polar surface area (TPSA) is 102 Å². The second kappa shape index (κ2) is 6.35. The summed E-state index contributed by atoms with van der Waals surface area (Å²) in [5, 5.41) is 10.8. The molecule has 0 spiro atoms. The first kappa shape index (κ1) is 19.3. The first-order chi connectivity index (χ1) is 11.3. The molecule has 0 aliphatic heterocycles. The molecule has 12 heteroatoms. The van der Waals surface area contributed by atoms with E-state index in [0.717, 1.165) is 11.3 Å². The summed E-state index contributed by atoms with van der Waals surface area (Å²) in [7, 11) is -5.53. The predicted molar refractivity (Wildman–Crippen MR) is 85.3 cm³/mol. The van der Waals surface area contributed by atoms with E-state index in [9.17, 15) is 31.7 Å². The number of nitro groups is 1. The summed E-state index contributed by atoms with van der Waals surface area (Å²) >= 11 is 0.983. The number of nitrogens with zero attached hydrogens (tertiary/aromatic N) is 2. The van der Waals surface area contributed by atoms with Crippen molar-refractivity contribution < 1.29 is 26.5 Å². The fraction of sp³-hybridized carbons (Fsp3) is 0.308. The quantitative estimate of drug-likeness (QED) is 0.618. The Hall–Kier alpha value is -2.05. The molecule has 0 amide bonds. The first-order valence-corrected chi connectivity index (χ1v) is 8.95. The van der Waals surface area contributed by atoms with Crippen LogP contribution < -0.4 is 4.72 Å². The van der Waals surface area contributed by atoms with Gasteiger partial charge in [0.05, 0.1) is 15.3 Å². The highest BCUT2D eigenvalue weighted by molar-refractivity contribution is 7.90. The standard InChI is InChI=1S/C13H12F3N3O4S2/c1-12(2,18-25(22,23)13(14,15)16)11-17-7-10(24-11)8-3-5-9(6-4-8)19(20)21/h3-7,18H,1-2H3.